The van der Waals surface area contributed by atoms with Gasteiger partial charge in [-0.05, 0) is 17.7 Å². The third-order valence-corrected chi connectivity index (χ3v) is 4.91. The lowest BCUT2D eigenvalue weighted by Crippen LogP contribution is -2.30. The molecule has 0 unspecified atom stereocenters. The minimum absolute atomic E-state index is 0.198. The van der Waals surface area contributed by atoms with Gasteiger partial charge in [0.15, 0.2) is 0 Å². The van der Waals surface area contributed by atoms with E-state index >= 15 is 0 Å². The highest BCUT2D eigenvalue weighted by atomic mass is 32.2. The molecule has 0 fully saturated rings. The smallest absolute Gasteiger partial charge is 0.493 e. The summed E-state index contributed by atoms with van der Waals surface area (Å²) >= 11 is 0. The van der Waals surface area contributed by atoms with E-state index in [9.17, 15) is 26.7 Å². The first-order chi connectivity index (χ1) is 11.7. The van der Waals surface area contributed by atoms with Gasteiger partial charge in [0.25, 0.3) is 0 Å². The lowest BCUT2D eigenvalue weighted by molar-refractivity contribution is -0.0429. The number of sulfonamides is 1. The van der Waals surface area contributed by atoms with Crippen LogP contribution in [0.15, 0.2) is 42.5 Å². The molecular formula is C16H14F3NO4S. The predicted molar refractivity (Wildman–Crippen MR) is 85.5 cm³/mol. The standard InChI is InChI=1S/C16H14F3NO4S/c17-16(18,19)25(22,23)20-13-4-2-1-3-11(13)10-5-6-12-14(21)7-8-24-15(12)9-10/h1-6,9,14,20-21H,7-8H2/t14-/m0/s1. The number of benzene rings is 2. The summed E-state index contributed by atoms with van der Waals surface area (Å²) in [5.41, 5.74) is -4.29. The van der Waals surface area contributed by atoms with Crippen LogP contribution in [0.3, 0.4) is 0 Å². The summed E-state index contributed by atoms with van der Waals surface area (Å²) < 4.78 is 67.7. The summed E-state index contributed by atoms with van der Waals surface area (Å²) in [5, 5.41) is 9.92. The normalized spacial score (nSPS) is 17.5. The molecule has 9 heteroatoms. The van der Waals surface area contributed by atoms with Gasteiger partial charge in [-0.1, -0.05) is 30.3 Å². The zero-order chi connectivity index (χ0) is 18.2. The highest BCUT2D eigenvalue weighted by molar-refractivity contribution is 7.93. The molecule has 0 aliphatic carbocycles. The maximum Gasteiger partial charge on any atom is 0.516 e. The van der Waals surface area contributed by atoms with Gasteiger partial charge in [0.05, 0.1) is 18.4 Å². The average Bonchev–Trinajstić information content (AvgIpc) is 2.54. The van der Waals surface area contributed by atoms with Crippen molar-refractivity contribution in [1.82, 2.24) is 0 Å². The van der Waals surface area contributed by atoms with Gasteiger partial charge in [0.1, 0.15) is 5.75 Å². The van der Waals surface area contributed by atoms with E-state index in [0.29, 0.717) is 29.9 Å². The van der Waals surface area contributed by atoms with Crippen LogP contribution in [0.5, 0.6) is 5.75 Å². The lowest BCUT2D eigenvalue weighted by Gasteiger charge is -2.23. The monoisotopic (exact) mass is 373 g/mol. The van der Waals surface area contributed by atoms with Crippen molar-refractivity contribution in [2.24, 2.45) is 0 Å². The largest absolute Gasteiger partial charge is 0.516 e. The molecule has 5 nitrogen and oxygen atoms in total. The fourth-order valence-electron chi connectivity index (χ4n) is 2.56. The number of aliphatic hydroxyl groups excluding tert-OH is 1. The van der Waals surface area contributed by atoms with E-state index in [4.69, 9.17) is 4.74 Å². The van der Waals surface area contributed by atoms with Gasteiger partial charge in [-0.15, -0.1) is 0 Å². The topological polar surface area (TPSA) is 75.6 Å². The van der Waals surface area contributed by atoms with E-state index in [-0.39, 0.29) is 11.3 Å². The lowest BCUT2D eigenvalue weighted by atomic mass is 9.97. The highest BCUT2D eigenvalue weighted by Gasteiger charge is 2.46. The Bertz CT molecular complexity index is 896. The van der Waals surface area contributed by atoms with Crippen LogP contribution in [0, 0.1) is 0 Å². The fraction of sp³-hybridized carbons (Fsp3) is 0.250. The first-order valence-corrected chi connectivity index (χ1v) is 8.80. The molecule has 1 aliphatic heterocycles. The molecule has 0 amide bonds. The quantitative estimate of drug-likeness (QED) is 0.864. The van der Waals surface area contributed by atoms with Crippen LogP contribution in [0.1, 0.15) is 18.1 Å². The third kappa shape index (κ3) is 3.42. The predicted octanol–water partition coefficient (Wildman–Crippen LogP) is 3.43. The van der Waals surface area contributed by atoms with E-state index in [1.165, 1.54) is 18.2 Å². The maximum absolute atomic E-state index is 12.6. The Hall–Kier alpha value is -2.26. The summed E-state index contributed by atoms with van der Waals surface area (Å²) in [6, 6.07) is 10.5. The van der Waals surface area contributed by atoms with Gasteiger partial charge in [-0.2, -0.15) is 21.6 Å². The van der Waals surface area contributed by atoms with E-state index in [2.05, 4.69) is 0 Å². The number of alkyl halides is 3. The first-order valence-electron chi connectivity index (χ1n) is 7.32. The number of fused-ring (bicyclic) bond motifs is 1. The molecule has 25 heavy (non-hydrogen) atoms. The molecule has 0 saturated carbocycles. The van der Waals surface area contributed by atoms with Gasteiger partial charge in [-0.3, -0.25) is 4.72 Å². The second-order valence-electron chi connectivity index (χ2n) is 5.50. The van der Waals surface area contributed by atoms with Crippen molar-refractivity contribution in [3.63, 3.8) is 0 Å². The number of hydrogen-bond donors (Lipinski definition) is 2. The second kappa shape index (κ2) is 6.23. The molecule has 1 heterocycles. The molecule has 0 aromatic heterocycles. The SMILES string of the molecule is O=S(=O)(Nc1ccccc1-c1ccc2c(c1)OCC[C@@H]2O)C(F)(F)F. The number of anilines is 1. The van der Waals surface area contributed by atoms with Crippen LogP contribution in [0.25, 0.3) is 11.1 Å². The van der Waals surface area contributed by atoms with Crippen molar-refractivity contribution in [2.75, 3.05) is 11.3 Å². The van der Waals surface area contributed by atoms with E-state index < -0.39 is 21.6 Å². The van der Waals surface area contributed by atoms with Crippen LogP contribution < -0.4 is 9.46 Å². The molecule has 2 aromatic carbocycles. The van der Waals surface area contributed by atoms with Crippen molar-refractivity contribution in [2.45, 2.75) is 18.0 Å². The Balaban J connectivity index is 2.02. The summed E-state index contributed by atoms with van der Waals surface area (Å²) in [6.45, 7) is 0.319. The molecular weight excluding hydrogens is 359 g/mol. The molecule has 1 aliphatic rings. The minimum atomic E-state index is -5.53. The Morgan fingerprint density at radius 1 is 1.16 bits per heavy atom. The maximum atomic E-state index is 12.6. The zero-order valence-electron chi connectivity index (χ0n) is 12.7. The van der Waals surface area contributed by atoms with E-state index in [1.807, 2.05) is 0 Å². The Kier molecular flexibility index (Phi) is 4.38. The number of rotatable bonds is 3. The highest BCUT2D eigenvalue weighted by Crippen LogP contribution is 2.38. The molecule has 0 bridgehead atoms. The second-order valence-corrected chi connectivity index (χ2v) is 7.18. The number of halogens is 3. The molecule has 3 rings (SSSR count). The summed E-state index contributed by atoms with van der Waals surface area (Å²) in [5.74, 6) is 0.421. The fourth-order valence-corrected chi connectivity index (χ4v) is 3.15. The van der Waals surface area contributed by atoms with Gasteiger partial charge >= 0.3 is 15.5 Å². The number of aliphatic hydroxyl groups is 1. The molecule has 2 aromatic rings. The number of ether oxygens (including phenoxy) is 1. The van der Waals surface area contributed by atoms with Crippen LogP contribution in [0.4, 0.5) is 18.9 Å². The third-order valence-electron chi connectivity index (χ3n) is 3.81. The number of hydrogen-bond acceptors (Lipinski definition) is 4. The summed E-state index contributed by atoms with van der Waals surface area (Å²) in [4.78, 5) is 0. The molecule has 134 valence electrons. The van der Waals surface area contributed by atoms with Crippen LogP contribution in [-0.4, -0.2) is 25.6 Å². The minimum Gasteiger partial charge on any atom is -0.493 e. The van der Waals surface area contributed by atoms with Crippen molar-refractivity contribution >= 4 is 15.7 Å². The van der Waals surface area contributed by atoms with Crippen LogP contribution >= 0.6 is 0 Å². The molecule has 2 N–H and O–H groups in total. The van der Waals surface area contributed by atoms with Gasteiger partial charge in [0, 0.05) is 17.5 Å². The van der Waals surface area contributed by atoms with Gasteiger partial charge < -0.3 is 9.84 Å². The zero-order valence-corrected chi connectivity index (χ0v) is 13.6. The Morgan fingerprint density at radius 3 is 2.60 bits per heavy atom. The van der Waals surface area contributed by atoms with E-state index in [1.54, 1.807) is 29.0 Å². The molecule has 0 saturated heterocycles. The van der Waals surface area contributed by atoms with Crippen LogP contribution in [0.2, 0.25) is 0 Å². The summed E-state index contributed by atoms with van der Waals surface area (Å²) in [7, 11) is -5.53. The number of nitrogens with one attached hydrogen (secondary N) is 1. The molecule has 1 atom stereocenters. The van der Waals surface area contributed by atoms with E-state index in [0.717, 1.165) is 0 Å². The van der Waals surface area contributed by atoms with Crippen molar-refractivity contribution in [1.29, 1.82) is 0 Å². The Morgan fingerprint density at radius 2 is 1.88 bits per heavy atom. The molecule has 0 spiro atoms. The molecule has 0 radical (unpaired) electrons. The van der Waals surface area contributed by atoms with Crippen molar-refractivity contribution < 1.29 is 31.4 Å². The van der Waals surface area contributed by atoms with Gasteiger partial charge in [0.2, 0.25) is 0 Å². The first kappa shape index (κ1) is 17.6. The van der Waals surface area contributed by atoms with Crippen LogP contribution in [-0.2, 0) is 10.0 Å². The number of para-hydroxylation sites is 1. The van der Waals surface area contributed by atoms with Crippen molar-refractivity contribution in [3.8, 4) is 16.9 Å². The van der Waals surface area contributed by atoms with Crippen molar-refractivity contribution in [3.05, 3.63) is 48.0 Å². The average molecular weight is 373 g/mol. The Labute approximate surface area is 142 Å². The summed E-state index contributed by atoms with van der Waals surface area (Å²) in [6.07, 6.45) is -0.217. The van der Waals surface area contributed by atoms with Gasteiger partial charge in [-0.25, -0.2) is 0 Å².